The molecule has 0 saturated carbocycles. The number of methoxy groups -OCH3 is 1. The van der Waals surface area contributed by atoms with Gasteiger partial charge >= 0.3 is 0 Å². The van der Waals surface area contributed by atoms with Gasteiger partial charge in [-0.15, -0.1) is 0 Å². The Bertz CT molecular complexity index is 745. The third-order valence-electron chi connectivity index (χ3n) is 4.79. The lowest BCUT2D eigenvalue weighted by Crippen LogP contribution is -2.55. The monoisotopic (exact) mass is 354 g/mol. The van der Waals surface area contributed by atoms with Gasteiger partial charge in [-0.05, 0) is 31.0 Å². The normalized spacial score (nSPS) is 21.0. The second-order valence-electron chi connectivity index (χ2n) is 6.56. The summed E-state index contributed by atoms with van der Waals surface area (Å²) < 4.78 is 11.0. The van der Waals surface area contributed by atoms with Gasteiger partial charge in [0, 0.05) is 12.1 Å². The number of benzene rings is 2. The largest absolute Gasteiger partial charge is 0.496 e. The number of morpholine rings is 1. The fourth-order valence-electron chi connectivity index (χ4n) is 3.25. The van der Waals surface area contributed by atoms with E-state index in [1.807, 2.05) is 50.2 Å². The van der Waals surface area contributed by atoms with Crippen molar-refractivity contribution in [2.24, 2.45) is 0 Å². The van der Waals surface area contributed by atoms with Gasteiger partial charge in [0.1, 0.15) is 11.8 Å². The molecule has 0 bridgehead atoms. The predicted octanol–water partition coefficient (Wildman–Crippen LogP) is 2.92. The molecule has 2 aromatic carbocycles. The van der Waals surface area contributed by atoms with Crippen molar-refractivity contribution in [1.29, 1.82) is 0 Å². The minimum atomic E-state index is -0.306. The standard InChI is InChI=1S/C21H26N2O3/c1-14(23-21(24)20-15(2)26-13-12-22-20)16-8-10-17(11-9-16)18-6-4-5-7-19(18)25-3/h4-11,14-15,20,22H,12-13H2,1-3H3,(H,23,24)/t14?,15-,20+/m1/s1. The quantitative estimate of drug-likeness (QED) is 0.867. The van der Waals surface area contributed by atoms with Crippen LogP contribution in [0.3, 0.4) is 0 Å². The molecule has 1 unspecified atom stereocenters. The maximum atomic E-state index is 12.5. The van der Waals surface area contributed by atoms with Crippen LogP contribution in [0.25, 0.3) is 11.1 Å². The lowest BCUT2D eigenvalue weighted by molar-refractivity contribution is -0.129. The minimum Gasteiger partial charge on any atom is -0.496 e. The van der Waals surface area contributed by atoms with E-state index in [1.165, 1.54) is 0 Å². The van der Waals surface area contributed by atoms with Crippen molar-refractivity contribution in [2.45, 2.75) is 32.0 Å². The number of nitrogens with one attached hydrogen (secondary N) is 2. The molecule has 2 aromatic rings. The number of rotatable bonds is 5. The molecule has 0 aromatic heterocycles. The molecule has 5 heteroatoms. The molecule has 0 spiro atoms. The van der Waals surface area contributed by atoms with E-state index in [0.29, 0.717) is 13.2 Å². The lowest BCUT2D eigenvalue weighted by atomic mass is 10.0. The summed E-state index contributed by atoms with van der Waals surface area (Å²) in [7, 11) is 1.68. The summed E-state index contributed by atoms with van der Waals surface area (Å²) in [6.07, 6.45) is -0.121. The lowest BCUT2D eigenvalue weighted by Gasteiger charge is -2.30. The number of hydrogen-bond acceptors (Lipinski definition) is 4. The minimum absolute atomic E-state index is 0.0292. The predicted molar refractivity (Wildman–Crippen MR) is 102 cm³/mol. The number of hydrogen-bond donors (Lipinski definition) is 2. The van der Waals surface area contributed by atoms with Crippen LogP contribution in [0.5, 0.6) is 5.75 Å². The molecule has 1 saturated heterocycles. The zero-order valence-electron chi connectivity index (χ0n) is 15.5. The van der Waals surface area contributed by atoms with Crippen LogP contribution >= 0.6 is 0 Å². The Morgan fingerprint density at radius 3 is 2.65 bits per heavy atom. The van der Waals surface area contributed by atoms with Crippen LogP contribution in [-0.2, 0) is 9.53 Å². The molecule has 2 N–H and O–H groups in total. The highest BCUT2D eigenvalue weighted by molar-refractivity contribution is 5.83. The van der Waals surface area contributed by atoms with Gasteiger partial charge in [0.15, 0.2) is 0 Å². The first-order valence-corrected chi connectivity index (χ1v) is 8.99. The van der Waals surface area contributed by atoms with Crippen molar-refractivity contribution in [3.05, 3.63) is 54.1 Å². The first-order valence-electron chi connectivity index (χ1n) is 8.99. The van der Waals surface area contributed by atoms with E-state index < -0.39 is 0 Å². The molecule has 3 atom stereocenters. The van der Waals surface area contributed by atoms with Crippen molar-refractivity contribution in [1.82, 2.24) is 10.6 Å². The molecule has 1 fully saturated rings. The van der Waals surface area contributed by atoms with Crippen molar-refractivity contribution in [3.8, 4) is 16.9 Å². The van der Waals surface area contributed by atoms with E-state index in [9.17, 15) is 4.79 Å². The molecule has 1 aliphatic heterocycles. The summed E-state index contributed by atoms with van der Waals surface area (Å²) in [6.45, 7) is 5.25. The molecule has 26 heavy (non-hydrogen) atoms. The van der Waals surface area contributed by atoms with E-state index in [4.69, 9.17) is 9.47 Å². The molecule has 1 heterocycles. The van der Waals surface area contributed by atoms with Crippen molar-refractivity contribution >= 4 is 5.91 Å². The van der Waals surface area contributed by atoms with Gasteiger partial charge in [0.05, 0.1) is 25.9 Å². The third kappa shape index (κ3) is 4.06. The molecule has 0 radical (unpaired) electrons. The molecular formula is C21H26N2O3. The van der Waals surface area contributed by atoms with E-state index in [2.05, 4.69) is 22.8 Å². The first-order chi connectivity index (χ1) is 12.6. The van der Waals surface area contributed by atoms with E-state index in [-0.39, 0.29) is 24.1 Å². The van der Waals surface area contributed by atoms with Crippen LogP contribution in [0.2, 0.25) is 0 Å². The van der Waals surface area contributed by atoms with E-state index >= 15 is 0 Å². The highest BCUT2D eigenvalue weighted by Gasteiger charge is 2.29. The van der Waals surface area contributed by atoms with Gasteiger partial charge in [-0.3, -0.25) is 4.79 Å². The molecule has 1 aliphatic rings. The molecule has 138 valence electrons. The van der Waals surface area contributed by atoms with Gasteiger partial charge in [-0.25, -0.2) is 0 Å². The van der Waals surface area contributed by atoms with Crippen LogP contribution in [0, 0.1) is 0 Å². The molecule has 5 nitrogen and oxygen atoms in total. The van der Waals surface area contributed by atoms with Crippen molar-refractivity contribution < 1.29 is 14.3 Å². The maximum absolute atomic E-state index is 12.5. The molecule has 1 amide bonds. The topological polar surface area (TPSA) is 59.6 Å². The number of carbonyl (C=O) groups is 1. The second-order valence-corrected chi connectivity index (χ2v) is 6.56. The summed E-state index contributed by atoms with van der Waals surface area (Å²) in [5.41, 5.74) is 3.19. The first kappa shape index (κ1) is 18.4. The fraction of sp³-hybridized carbons (Fsp3) is 0.381. The van der Waals surface area contributed by atoms with Gasteiger partial charge in [0.2, 0.25) is 5.91 Å². The van der Waals surface area contributed by atoms with Gasteiger partial charge in [-0.1, -0.05) is 42.5 Å². The summed E-state index contributed by atoms with van der Waals surface area (Å²) in [6, 6.07) is 15.8. The highest BCUT2D eigenvalue weighted by Crippen LogP contribution is 2.30. The smallest absolute Gasteiger partial charge is 0.240 e. The Morgan fingerprint density at radius 1 is 1.23 bits per heavy atom. The molecule has 3 rings (SSSR count). The van der Waals surface area contributed by atoms with Crippen LogP contribution in [0.15, 0.2) is 48.5 Å². The van der Waals surface area contributed by atoms with Crippen LogP contribution in [0.4, 0.5) is 0 Å². The Hall–Kier alpha value is -2.37. The zero-order valence-corrected chi connectivity index (χ0v) is 15.5. The van der Waals surface area contributed by atoms with E-state index in [1.54, 1.807) is 7.11 Å². The number of para-hydroxylation sites is 1. The fourth-order valence-corrected chi connectivity index (χ4v) is 3.25. The van der Waals surface area contributed by atoms with Gasteiger partial charge in [-0.2, -0.15) is 0 Å². The second kappa shape index (κ2) is 8.34. The summed E-state index contributed by atoms with van der Waals surface area (Å²) in [5.74, 6) is 0.817. The Morgan fingerprint density at radius 2 is 1.96 bits per heavy atom. The Labute approximate surface area is 154 Å². The molecular weight excluding hydrogens is 328 g/mol. The number of carbonyl (C=O) groups excluding carboxylic acids is 1. The Balaban J connectivity index is 1.69. The zero-order chi connectivity index (χ0) is 18.5. The third-order valence-corrected chi connectivity index (χ3v) is 4.79. The Kier molecular flexibility index (Phi) is 5.91. The number of ether oxygens (including phenoxy) is 2. The van der Waals surface area contributed by atoms with Crippen molar-refractivity contribution in [3.63, 3.8) is 0 Å². The summed E-state index contributed by atoms with van der Waals surface area (Å²) in [5, 5.41) is 6.29. The van der Waals surface area contributed by atoms with Gasteiger partial charge < -0.3 is 20.1 Å². The van der Waals surface area contributed by atoms with Crippen LogP contribution in [-0.4, -0.2) is 38.3 Å². The SMILES string of the molecule is COc1ccccc1-c1ccc(C(C)NC(=O)[C@H]2NCCO[C@@H]2C)cc1. The van der Waals surface area contributed by atoms with Crippen LogP contribution < -0.4 is 15.4 Å². The maximum Gasteiger partial charge on any atom is 0.240 e. The van der Waals surface area contributed by atoms with Crippen molar-refractivity contribution in [2.75, 3.05) is 20.3 Å². The van der Waals surface area contributed by atoms with E-state index in [0.717, 1.165) is 22.4 Å². The average molecular weight is 354 g/mol. The van der Waals surface area contributed by atoms with Crippen LogP contribution in [0.1, 0.15) is 25.5 Å². The van der Waals surface area contributed by atoms with Gasteiger partial charge in [0.25, 0.3) is 0 Å². The highest BCUT2D eigenvalue weighted by atomic mass is 16.5. The summed E-state index contributed by atoms with van der Waals surface area (Å²) >= 11 is 0. The average Bonchev–Trinajstić information content (AvgIpc) is 2.68. The summed E-state index contributed by atoms with van der Waals surface area (Å²) in [4.78, 5) is 12.5. The number of amides is 1. The molecule has 0 aliphatic carbocycles.